The Morgan fingerprint density at radius 3 is 1.77 bits per heavy atom. The number of thiol groups is 2. The van der Waals surface area contributed by atoms with E-state index in [1.807, 2.05) is 0 Å². The molecule has 0 saturated heterocycles. The van der Waals surface area contributed by atoms with E-state index in [0.29, 0.717) is 16.7 Å². The van der Waals surface area contributed by atoms with Crippen LogP contribution in [-0.4, -0.2) is 16.6 Å². The van der Waals surface area contributed by atoms with Gasteiger partial charge in [0.2, 0.25) is 0 Å². The minimum absolute atomic E-state index is 0.00308. The number of benzene rings is 1. The maximum atomic E-state index is 10.9. The predicted octanol–water partition coefficient (Wildman–Crippen LogP) is 2.38. The van der Waals surface area contributed by atoms with Crippen molar-refractivity contribution in [3.8, 4) is 0 Å². The molecule has 0 aliphatic carbocycles. The topological polar surface area (TPSA) is 78.9 Å². The van der Waals surface area contributed by atoms with Gasteiger partial charge >= 0.3 is 16.6 Å². The van der Waals surface area contributed by atoms with Gasteiger partial charge in [-0.05, 0) is 34.1 Å². The molecule has 0 aromatic heterocycles. The summed E-state index contributed by atoms with van der Waals surface area (Å²) in [5.41, 5.74) is 2.02. The molecule has 0 spiro atoms. The van der Waals surface area contributed by atoms with Gasteiger partial charge < -0.3 is 14.2 Å². The minimum atomic E-state index is -0.710. The highest BCUT2D eigenvalue weighted by molar-refractivity contribution is 7.96. The molecule has 0 amide bonds. The van der Waals surface area contributed by atoms with Crippen molar-refractivity contribution in [2.24, 2.45) is 0 Å². The fourth-order valence-electron chi connectivity index (χ4n) is 1.64. The summed E-state index contributed by atoms with van der Waals surface area (Å²) >= 11 is 7.07. The molecule has 0 aliphatic rings. The SMILES string of the molecule is CC(=O)OCc1cc(COC(=O)S)c(P)c(COC(=O)S)c1. The molecule has 1 unspecified atom stereocenters. The number of esters is 1. The van der Waals surface area contributed by atoms with Crippen molar-refractivity contribution >= 4 is 56.4 Å². The largest absolute Gasteiger partial charge is 0.461 e. The third-order valence-electron chi connectivity index (χ3n) is 2.56. The second-order valence-corrected chi connectivity index (χ2v) is 5.52. The number of carbonyl (C=O) groups excluding carboxylic acids is 3. The number of hydrogen-bond donors (Lipinski definition) is 2. The average molecular weight is 362 g/mol. The lowest BCUT2D eigenvalue weighted by atomic mass is 10.1. The molecule has 1 atom stereocenters. The first-order valence-electron chi connectivity index (χ1n) is 6.04. The van der Waals surface area contributed by atoms with Crippen LogP contribution >= 0.6 is 34.5 Å². The van der Waals surface area contributed by atoms with Crippen molar-refractivity contribution in [1.29, 1.82) is 0 Å². The summed E-state index contributed by atoms with van der Waals surface area (Å²) in [7, 11) is 2.49. The van der Waals surface area contributed by atoms with Crippen LogP contribution in [0, 0.1) is 0 Å². The maximum Gasteiger partial charge on any atom is 0.364 e. The Kier molecular flexibility index (Phi) is 7.72. The zero-order valence-corrected chi connectivity index (χ0v) is 14.6. The van der Waals surface area contributed by atoms with E-state index in [-0.39, 0.29) is 19.8 Å². The average Bonchev–Trinajstić information content (AvgIpc) is 2.42. The van der Waals surface area contributed by atoms with Gasteiger partial charge in [-0.1, -0.05) is 25.3 Å². The first-order valence-corrected chi connectivity index (χ1v) is 7.51. The smallest absolute Gasteiger partial charge is 0.364 e. The van der Waals surface area contributed by atoms with E-state index in [4.69, 9.17) is 14.2 Å². The van der Waals surface area contributed by atoms with Crippen LogP contribution in [0.25, 0.3) is 0 Å². The summed E-state index contributed by atoms with van der Waals surface area (Å²) in [6.07, 6.45) is 0. The monoisotopic (exact) mass is 362 g/mol. The van der Waals surface area contributed by atoms with Crippen LogP contribution in [0.1, 0.15) is 23.6 Å². The molecule has 0 radical (unpaired) electrons. The minimum Gasteiger partial charge on any atom is -0.461 e. The molecule has 0 saturated carbocycles. The highest BCUT2D eigenvalue weighted by atomic mass is 32.1. The Morgan fingerprint density at radius 2 is 1.41 bits per heavy atom. The normalized spacial score (nSPS) is 10.0. The molecule has 0 N–H and O–H groups in total. The Hall–Kier alpha value is -1.24. The number of carbonyl (C=O) groups is 3. The van der Waals surface area contributed by atoms with Gasteiger partial charge in [0.25, 0.3) is 0 Å². The highest BCUT2D eigenvalue weighted by Gasteiger charge is 2.11. The zero-order chi connectivity index (χ0) is 16.7. The molecule has 1 aromatic carbocycles. The van der Waals surface area contributed by atoms with Gasteiger partial charge in [0, 0.05) is 6.92 Å². The van der Waals surface area contributed by atoms with Gasteiger partial charge in [-0.3, -0.25) is 4.79 Å². The van der Waals surface area contributed by atoms with Crippen LogP contribution in [0.15, 0.2) is 12.1 Å². The Labute approximate surface area is 140 Å². The van der Waals surface area contributed by atoms with Crippen LogP contribution in [0.5, 0.6) is 0 Å². The molecule has 0 heterocycles. The number of rotatable bonds is 6. The predicted molar refractivity (Wildman–Crippen MR) is 89.6 cm³/mol. The van der Waals surface area contributed by atoms with Crippen LogP contribution in [0.4, 0.5) is 9.59 Å². The summed E-state index contributed by atoms with van der Waals surface area (Å²) in [6.45, 7) is 1.36. The van der Waals surface area contributed by atoms with Gasteiger partial charge in [-0.2, -0.15) is 0 Å². The molecule has 120 valence electrons. The first kappa shape index (κ1) is 18.8. The van der Waals surface area contributed by atoms with Crippen LogP contribution in [0.2, 0.25) is 0 Å². The van der Waals surface area contributed by atoms with Gasteiger partial charge in [0.1, 0.15) is 19.8 Å². The molecule has 0 aliphatic heterocycles. The maximum absolute atomic E-state index is 10.9. The molecule has 22 heavy (non-hydrogen) atoms. The van der Waals surface area contributed by atoms with Crippen LogP contribution in [0.3, 0.4) is 0 Å². The quantitative estimate of drug-likeness (QED) is 0.350. The molecule has 6 nitrogen and oxygen atoms in total. The molecule has 9 heteroatoms. The molecule has 1 aromatic rings. The van der Waals surface area contributed by atoms with Crippen molar-refractivity contribution < 1.29 is 28.6 Å². The Morgan fingerprint density at radius 1 is 0.955 bits per heavy atom. The lowest BCUT2D eigenvalue weighted by Gasteiger charge is -2.14. The van der Waals surface area contributed by atoms with Gasteiger partial charge in [0.05, 0.1) is 0 Å². The second kappa shape index (κ2) is 9.02. The van der Waals surface area contributed by atoms with Crippen molar-refractivity contribution in [3.63, 3.8) is 0 Å². The summed E-state index contributed by atoms with van der Waals surface area (Å²) in [6, 6.07) is 3.46. The van der Waals surface area contributed by atoms with Crippen molar-refractivity contribution in [2.75, 3.05) is 0 Å². The van der Waals surface area contributed by atoms with Crippen molar-refractivity contribution in [2.45, 2.75) is 26.7 Å². The van der Waals surface area contributed by atoms with Crippen LogP contribution < -0.4 is 5.30 Å². The first-order chi connectivity index (χ1) is 10.3. The second-order valence-electron chi connectivity index (χ2n) is 4.22. The fourth-order valence-corrected chi connectivity index (χ4v) is 2.10. The summed E-state index contributed by atoms with van der Waals surface area (Å²) in [4.78, 5) is 32.5. The van der Waals surface area contributed by atoms with Gasteiger partial charge in [-0.25, -0.2) is 9.59 Å². The van der Waals surface area contributed by atoms with E-state index in [1.54, 1.807) is 12.1 Å². The van der Waals surface area contributed by atoms with E-state index in [1.165, 1.54) is 6.92 Å². The Balaban J connectivity index is 3.03. The van der Waals surface area contributed by atoms with Crippen molar-refractivity contribution in [3.05, 3.63) is 28.8 Å². The molecule has 0 fully saturated rings. The fraction of sp³-hybridized carbons (Fsp3) is 0.308. The molecular formula is C13H15O6PS2. The van der Waals surface area contributed by atoms with E-state index >= 15 is 0 Å². The van der Waals surface area contributed by atoms with Gasteiger partial charge in [-0.15, -0.1) is 9.24 Å². The number of hydrogen-bond acceptors (Lipinski definition) is 6. The molecule has 1 rings (SSSR count). The Bertz CT molecular complexity index is 551. The third kappa shape index (κ3) is 6.68. The van der Waals surface area contributed by atoms with E-state index in [9.17, 15) is 14.4 Å². The van der Waals surface area contributed by atoms with E-state index in [2.05, 4.69) is 34.5 Å². The van der Waals surface area contributed by atoms with Crippen LogP contribution in [-0.2, 0) is 38.8 Å². The third-order valence-corrected chi connectivity index (χ3v) is 3.56. The standard InChI is InChI=1S/C13H15O6PS2/c1-7(14)17-4-8-2-9(5-18-12(15)21)11(20)10(3-8)6-19-13(16)22/h2-3H,4-6,20H2,1H3,(H,15,21)(H,16,22). The zero-order valence-electron chi connectivity index (χ0n) is 11.7. The highest BCUT2D eigenvalue weighted by Crippen LogP contribution is 2.16. The number of ether oxygens (including phenoxy) is 3. The van der Waals surface area contributed by atoms with Crippen molar-refractivity contribution in [1.82, 2.24) is 0 Å². The van der Waals surface area contributed by atoms with E-state index < -0.39 is 16.6 Å². The summed E-state index contributed by atoms with van der Waals surface area (Å²) < 4.78 is 14.6. The lowest BCUT2D eigenvalue weighted by Crippen LogP contribution is -2.14. The van der Waals surface area contributed by atoms with Gasteiger partial charge in [0.15, 0.2) is 0 Å². The molecule has 0 bridgehead atoms. The lowest BCUT2D eigenvalue weighted by molar-refractivity contribution is -0.142. The summed E-state index contributed by atoms with van der Waals surface area (Å²) in [5, 5.41) is -0.702. The summed E-state index contributed by atoms with van der Waals surface area (Å²) in [5.74, 6) is -0.415. The van der Waals surface area contributed by atoms with E-state index in [0.717, 1.165) is 5.30 Å². The molecular weight excluding hydrogens is 347 g/mol.